The van der Waals surface area contributed by atoms with E-state index < -0.39 is 0 Å². The highest BCUT2D eigenvalue weighted by molar-refractivity contribution is 5.68. The van der Waals surface area contributed by atoms with Crippen LogP contribution in [0, 0.1) is 11.8 Å². The number of rotatable bonds is 11. The first kappa shape index (κ1) is 30.9. The fraction of sp³-hybridized carbons (Fsp3) is 0.588. The minimum atomic E-state index is -0.216. The van der Waals surface area contributed by atoms with E-state index in [0.29, 0.717) is 31.0 Å². The third kappa shape index (κ3) is 8.71. The zero-order chi connectivity index (χ0) is 29.2. The van der Waals surface area contributed by atoms with Crippen LogP contribution < -0.4 is 0 Å². The van der Waals surface area contributed by atoms with Gasteiger partial charge in [0, 0.05) is 45.3 Å². The van der Waals surface area contributed by atoms with Crippen molar-refractivity contribution in [3.63, 3.8) is 0 Å². The summed E-state index contributed by atoms with van der Waals surface area (Å²) in [7, 11) is 1.89. The summed E-state index contributed by atoms with van der Waals surface area (Å²) in [5.74, 6) is 1.19. The van der Waals surface area contributed by atoms with Gasteiger partial charge in [0.25, 0.3) is 0 Å². The topological polar surface area (TPSA) is 62.3 Å². The summed E-state index contributed by atoms with van der Waals surface area (Å²) in [6.45, 7) is 10.6. The van der Waals surface area contributed by atoms with E-state index in [1.807, 2.05) is 47.2 Å². The summed E-state index contributed by atoms with van der Waals surface area (Å²) < 4.78 is 11.3. The molecule has 2 amide bonds. The molecule has 3 atom stereocenters. The van der Waals surface area contributed by atoms with Gasteiger partial charge >= 0.3 is 12.2 Å². The fourth-order valence-corrected chi connectivity index (χ4v) is 6.42. The first-order valence-corrected chi connectivity index (χ1v) is 15.5. The van der Waals surface area contributed by atoms with Crippen LogP contribution in [0.2, 0.25) is 0 Å². The molecule has 2 aromatic rings. The first-order chi connectivity index (χ1) is 19.9. The van der Waals surface area contributed by atoms with E-state index in [-0.39, 0.29) is 24.3 Å². The molecule has 1 heterocycles. The van der Waals surface area contributed by atoms with Crippen LogP contribution in [0.3, 0.4) is 0 Å². The number of carbonyl (C=O) groups is 2. The van der Waals surface area contributed by atoms with Crippen LogP contribution in [-0.4, -0.2) is 78.8 Å². The average Bonchev–Trinajstić information content (AvgIpc) is 3.42. The molecule has 0 N–H and O–H groups in total. The van der Waals surface area contributed by atoms with Gasteiger partial charge < -0.3 is 24.2 Å². The van der Waals surface area contributed by atoms with Gasteiger partial charge in [-0.3, -0.25) is 0 Å². The minimum Gasteiger partial charge on any atom is -0.449 e. The first-order valence-electron chi connectivity index (χ1n) is 15.5. The standard InChI is InChI=1S/C34H49N3O4/c1-5-18-37(34(39)41-25-27-12-8-6-9-13-27)30-16-19-36(20-17-30)23-29-21-31(35(4)33(38)40-24-26(2)3)22-32(29)28-14-10-7-11-15-28/h6-15,26,29-32H,5,16-25H2,1-4H3. The Labute approximate surface area is 246 Å². The largest absolute Gasteiger partial charge is 0.449 e. The third-order valence-corrected chi connectivity index (χ3v) is 8.67. The molecule has 0 aromatic heterocycles. The molecular weight excluding hydrogens is 514 g/mol. The Kier molecular flexibility index (Phi) is 11.5. The average molecular weight is 564 g/mol. The van der Waals surface area contributed by atoms with Gasteiger partial charge in [0.2, 0.25) is 0 Å². The molecule has 2 fully saturated rings. The Balaban J connectivity index is 1.34. The molecule has 41 heavy (non-hydrogen) atoms. The van der Waals surface area contributed by atoms with Gasteiger partial charge in [0.1, 0.15) is 6.61 Å². The molecule has 1 aliphatic carbocycles. The van der Waals surface area contributed by atoms with Gasteiger partial charge in [-0.15, -0.1) is 0 Å². The van der Waals surface area contributed by atoms with Crippen molar-refractivity contribution in [1.82, 2.24) is 14.7 Å². The second kappa shape index (κ2) is 15.2. The van der Waals surface area contributed by atoms with Crippen LogP contribution >= 0.6 is 0 Å². The van der Waals surface area contributed by atoms with Crippen molar-refractivity contribution in [3.8, 4) is 0 Å². The molecule has 4 rings (SSSR count). The Morgan fingerprint density at radius 3 is 2.20 bits per heavy atom. The molecule has 1 saturated heterocycles. The van der Waals surface area contributed by atoms with Crippen LogP contribution in [0.25, 0.3) is 0 Å². The highest BCUT2D eigenvalue weighted by Gasteiger charge is 2.40. The third-order valence-electron chi connectivity index (χ3n) is 8.67. The normalized spacial score (nSPS) is 21.5. The SMILES string of the molecule is CCCN(C(=O)OCc1ccccc1)C1CCN(CC2CC(N(C)C(=O)OCC(C)C)CC2c2ccccc2)CC1. The van der Waals surface area contributed by atoms with Gasteiger partial charge in [-0.2, -0.15) is 0 Å². The van der Waals surface area contributed by atoms with Crippen molar-refractivity contribution in [2.75, 3.05) is 39.8 Å². The van der Waals surface area contributed by atoms with Crippen LogP contribution in [0.1, 0.15) is 69.9 Å². The van der Waals surface area contributed by atoms with Gasteiger partial charge in [-0.05, 0) is 61.0 Å². The van der Waals surface area contributed by atoms with Gasteiger partial charge in [0.15, 0.2) is 0 Å². The number of nitrogens with zero attached hydrogens (tertiary/aromatic N) is 3. The predicted molar refractivity (Wildman–Crippen MR) is 163 cm³/mol. The van der Waals surface area contributed by atoms with Crippen molar-refractivity contribution >= 4 is 12.2 Å². The van der Waals surface area contributed by atoms with Crippen molar-refractivity contribution < 1.29 is 19.1 Å². The Hall–Kier alpha value is -3.06. The van der Waals surface area contributed by atoms with Crippen LogP contribution in [0.5, 0.6) is 0 Å². The molecule has 7 nitrogen and oxygen atoms in total. The second-order valence-corrected chi connectivity index (χ2v) is 12.2. The zero-order valence-corrected chi connectivity index (χ0v) is 25.4. The quantitative estimate of drug-likeness (QED) is 0.301. The molecule has 7 heteroatoms. The summed E-state index contributed by atoms with van der Waals surface area (Å²) in [6.07, 6.45) is 4.32. The maximum Gasteiger partial charge on any atom is 0.410 e. The second-order valence-electron chi connectivity index (χ2n) is 12.2. The molecule has 0 spiro atoms. The number of amides is 2. The number of hydrogen-bond donors (Lipinski definition) is 0. The summed E-state index contributed by atoms with van der Waals surface area (Å²) in [6, 6.07) is 21.0. The molecule has 3 unspecified atom stereocenters. The Morgan fingerprint density at radius 1 is 0.902 bits per heavy atom. The number of hydrogen-bond acceptors (Lipinski definition) is 5. The van der Waals surface area contributed by atoms with E-state index in [9.17, 15) is 9.59 Å². The summed E-state index contributed by atoms with van der Waals surface area (Å²) >= 11 is 0. The molecular formula is C34H49N3O4. The van der Waals surface area contributed by atoms with E-state index in [1.165, 1.54) is 5.56 Å². The smallest absolute Gasteiger partial charge is 0.410 e. The van der Waals surface area contributed by atoms with Crippen LogP contribution in [-0.2, 0) is 16.1 Å². The molecule has 2 aliphatic rings. The van der Waals surface area contributed by atoms with Crippen LogP contribution in [0.4, 0.5) is 9.59 Å². The highest BCUT2D eigenvalue weighted by atomic mass is 16.6. The van der Waals surface area contributed by atoms with Crippen molar-refractivity contribution in [3.05, 3.63) is 71.8 Å². The summed E-state index contributed by atoms with van der Waals surface area (Å²) in [5, 5.41) is 0. The van der Waals surface area contributed by atoms with Crippen molar-refractivity contribution in [2.45, 2.75) is 77.5 Å². The van der Waals surface area contributed by atoms with Gasteiger partial charge in [0.05, 0.1) is 6.61 Å². The monoisotopic (exact) mass is 563 g/mol. The maximum absolute atomic E-state index is 13.1. The number of carbonyl (C=O) groups excluding carboxylic acids is 2. The lowest BCUT2D eigenvalue weighted by Crippen LogP contribution is -2.48. The number of likely N-dealkylation sites (tertiary alicyclic amines) is 1. The minimum absolute atomic E-state index is 0.168. The molecule has 0 bridgehead atoms. The van der Waals surface area contributed by atoms with Crippen LogP contribution in [0.15, 0.2) is 60.7 Å². The Morgan fingerprint density at radius 2 is 1.56 bits per heavy atom. The van der Waals surface area contributed by atoms with E-state index in [0.717, 1.165) is 63.8 Å². The Bertz CT molecular complexity index is 1070. The highest BCUT2D eigenvalue weighted by Crippen LogP contribution is 2.42. The maximum atomic E-state index is 13.1. The molecule has 1 aliphatic heterocycles. The number of piperidine rings is 1. The van der Waals surface area contributed by atoms with Crippen molar-refractivity contribution in [2.24, 2.45) is 11.8 Å². The zero-order valence-electron chi connectivity index (χ0n) is 25.4. The lowest BCUT2D eigenvalue weighted by molar-refractivity contribution is 0.0573. The fourth-order valence-electron chi connectivity index (χ4n) is 6.42. The molecule has 1 saturated carbocycles. The summed E-state index contributed by atoms with van der Waals surface area (Å²) in [4.78, 5) is 32.2. The predicted octanol–water partition coefficient (Wildman–Crippen LogP) is 6.79. The summed E-state index contributed by atoms with van der Waals surface area (Å²) in [5.41, 5.74) is 2.36. The lowest BCUT2D eigenvalue weighted by Gasteiger charge is -2.39. The van der Waals surface area contributed by atoms with E-state index in [2.05, 4.69) is 56.0 Å². The number of benzene rings is 2. The van der Waals surface area contributed by atoms with E-state index in [1.54, 1.807) is 0 Å². The van der Waals surface area contributed by atoms with E-state index >= 15 is 0 Å². The van der Waals surface area contributed by atoms with Crippen molar-refractivity contribution in [1.29, 1.82) is 0 Å². The van der Waals surface area contributed by atoms with Gasteiger partial charge in [-0.25, -0.2) is 9.59 Å². The lowest BCUT2D eigenvalue weighted by atomic mass is 9.88. The molecule has 0 radical (unpaired) electrons. The van der Waals surface area contributed by atoms with E-state index in [4.69, 9.17) is 9.47 Å². The number of ether oxygens (including phenoxy) is 2. The van der Waals surface area contributed by atoms with Gasteiger partial charge in [-0.1, -0.05) is 81.4 Å². The molecule has 224 valence electrons. The molecule has 2 aromatic carbocycles.